The van der Waals surface area contributed by atoms with Crippen LogP contribution in [-0.2, 0) is 4.74 Å². The smallest absolute Gasteiger partial charge is 0.409 e. The van der Waals surface area contributed by atoms with Gasteiger partial charge in [-0.2, -0.15) is 0 Å². The summed E-state index contributed by atoms with van der Waals surface area (Å²) in [4.78, 5) is 36.8. The van der Waals surface area contributed by atoms with Crippen LogP contribution in [-0.4, -0.2) is 69.1 Å². The molecule has 1 saturated heterocycles. The summed E-state index contributed by atoms with van der Waals surface area (Å²) in [7, 11) is 0. The summed E-state index contributed by atoms with van der Waals surface area (Å²) in [6.45, 7) is 3.98. The molecule has 4 rings (SSSR count). The van der Waals surface area contributed by atoms with E-state index in [2.05, 4.69) is 9.97 Å². The second-order valence-corrected chi connectivity index (χ2v) is 6.50. The van der Waals surface area contributed by atoms with Crippen LogP contribution in [0.1, 0.15) is 17.3 Å². The van der Waals surface area contributed by atoms with Gasteiger partial charge in [0.05, 0.1) is 12.2 Å². The molecule has 2 amide bonds. The predicted octanol–water partition coefficient (Wildman–Crippen LogP) is 2.33. The fourth-order valence-corrected chi connectivity index (χ4v) is 3.29. The van der Waals surface area contributed by atoms with Crippen LogP contribution in [0, 0.1) is 0 Å². The molecule has 1 aliphatic heterocycles. The number of hydrogen-bond acceptors (Lipinski definition) is 5. The number of amides is 2. The van der Waals surface area contributed by atoms with Crippen molar-refractivity contribution in [3.8, 4) is 5.69 Å². The molecule has 0 radical (unpaired) electrons. The molecule has 0 saturated carbocycles. The van der Waals surface area contributed by atoms with Crippen molar-refractivity contribution in [2.24, 2.45) is 0 Å². The molecular formula is C20H21N5O3. The maximum absolute atomic E-state index is 12.8. The number of fused-ring (bicyclic) bond motifs is 1. The number of piperazine rings is 1. The van der Waals surface area contributed by atoms with Crippen LogP contribution in [0.25, 0.3) is 16.9 Å². The van der Waals surface area contributed by atoms with Gasteiger partial charge in [0.2, 0.25) is 0 Å². The summed E-state index contributed by atoms with van der Waals surface area (Å²) < 4.78 is 6.90. The monoisotopic (exact) mass is 379 g/mol. The van der Waals surface area contributed by atoms with Gasteiger partial charge in [-0.15, -0.1) is 0 Å². The van der Waals surface area contributed by atoms with E-state index in [4.69, 9.17) is 4.74 Å². The van der Waals surface area contributed by atoms with Crippen molar-refractivity contribution in [2.45, 2.75) is 6.92 Å². The highest BCUT2D eigenvalue weighted by Crippen LogP contribution is 2.18. The van der Waals surface area contributed by atoms with Crippen LogP contribution in [0.15, 0.2) is 48.9 Å². The van der Waals surface area contributed by atoms with E-state index in [1.54, 1.807) is 35.3 Å². The minimum atomic E-state index is -0.330. The summed E-state index contributed by atoms with van der Waals surface area (Å²) >= 11 is 0. The largest absolute Gasteiger partial charge is 0.450 e. The maximum Gasteiger partial charge on any atom is 0.409 e. The highest BCUT2D eigenvalue weighted by molar-refractivity contribution is 5.96. The van der Waals surface area contributed by atoms with Gasteiger partial charge in [0.25, 0.3) is 5.91 Å². The molecule has 0 N–H and O–H groups in total. The summed E-state index contributed by atoms with van der Waals surface area (Å²) in [6.07, 6.45) is 2.97. The Labute approximate surface area is 162 Å². The number of nitrogens with zero attached hydrogens (tertiary/aromatic N) is 5. The number of hydrogen-bond donors (Lipinski definition) is 0. The van der Waals surface area contributed by atoms with E-state index in [0.717, 1.165) is 5.69 Å². The van der Waals surface area contributed by atoms with Gasteiger partial charge in [0, 0.05) is 38.1 Å². The highest BCUT2D eigenvalue weighted by atomic mass is 16.6. The Balaban J connectivity index is 1.49. The van der Waals surface area contributed by atoms with Gasteiger partial charge in [-0.3, -0.25) is 9.36 Å². The average Bonchev–Trinajstić information content (AvgIpc) is 3.17. The van der Waals surface area contributed by atoms with E-state index in [1.165, 1.54) is 0 Å². The summed E-state index contributed by atoms with van der Waals surface area (Å²) in [5, 5.41) is 0. The number of carbonyl (C=O) groups excluding carboxylic acids is 2. The molecule has 0 bridgehead atoms. The Morgan fingerprint density at radius 2 is 1.75 bits per heavy atom. The van der Waals surface area contributed by atoms with Gasteiger partial charge in [0.1, 0.15) is 11.8 Å². The summed E-state index contributed by atoms with van der Waals surface area (Å²) in [6, 6.07) is 11.6. The number of aromatic nitrogens is 3. The molecule has 1 fully saturated rings. The molecule has 3 aromatic rings. The van der Waals surface area contributed by atoms with Crippen molar-refractivity contribution in [2.75, 3.05) is 32.8 Å². The quantitative estimate of drug-likeness (QED) is 0.698. The second-order valence-electron chi connectivity index (χ2n) is 6.50. The third-order valence-corrected chi connectivity index (χ3v) is 4.76. The number of pyridine rings is 1. The Bertz CT molecular complexity index is 994. The SMILES string of the molecule is CCOC(=O)N1CCN(C(=O)c2cnc3c(c2)ncn3-c2ccccc2)CC1. The van der Waals surface area contributed by atoms with Gasteiger partial charge >= 0.3 is 6.09 Å². The van der Waals surface area contributed by atoms with Crippen LogP contribution in [0.5, 0.6) is 0 Å². The Hall–Kier alpha value is -3.42. The van der Waals surface area contributed by atoms with Gasteiger partial charge in [-0.25, -0.2) is 14.8 Å². The van der Waals surface area contributed by atoms with E-state index in [0.29, 0.717) is 49.5 Å². The van der Waals surface area contributed by atoms with Crippen LogP contribution in [0.4, 0.5) is 4.79 Å². The second kappa shape index (κ2) is 7.67. The molecule has 0 spiro atoms. The molecule has 8 heteroatoms. The lowest BCUT2D eigenvalue weighted by Crippen LogP contribution is -2.50. The average molecular weight is 379 g/mol. The van der Waals surface area contributed by atoms with Crippen molar-refractivity contribution in [1.29, 1.82) is 0 Å². The van der Waals surface area contributed by atoms with Crippen LogP contribution in [0.2, 0.25) is 0 Å². The molecule has 1 aliphatic rings. The molecule has 1 aromatic carbocycles. The lowest BCUT2D eigenvalue weighted by molar-refractivity contribution is 0.0570. The number of carbonyl (C=O) groups is 2. The third kappa shape index (κ3) is 3.40. The van der Waals surface area contributed by atoms with Crippen molar-refractivity contribution < 1.29 is 14.3 Å². The number of rotatable bonds is 3. The number of para-hydroxylation sites is 1. The first-order valence-corrected chi connectivity index (χ1v) is 9.27. The fraction of sp³-hybridized carbons (Fsp3) is 0.300. The molecule has 8 nitrogen and oxygen atoms in total. The van der Waals surface area contributed by atoms with Crippen molar-refractivity contribution in [1.82, 2.24) is 24.3 Å². The third-order valence-electron chi connectivity index (χ3n) is 4.76. The van der Waals surface area contributed by atoms with Crippen LogP contribution >= 0.6 is 0 Å². The van der Waals surface area contributed by atoms with Crippen molar-refractivity contribution in [3.05, 3.63) is 54.5 Å². The summed E-state index contributed by atoms with van der Waals surface area (Å²) in [5.74, 6) is -0.104. The van der Waals surface area contributed by atoms with Gasteiger partial charge in [-0.05, 0) is 25.1 Å². The minimum Gasteiger partial charge on any atom is -0.450 e. The molecule has 144 valence electrons. The van der Waals surface area contributed by atoms with Crippen molar-refractivity contribution in [3.63, 3.8) is 0 Å². The number of benzene rings is 1. The zero-order chi connectivity index (χ0) is 19.5. The zero-order valence-corrected chi connectivity index (χ0v) is 15.6. The van der Waals surface area contributed by atoms with E-state index >= 15 is 0 Å². The van der Waals surface area contributed by atoms with E-state index in [9.17, 15) is 9.59 Å². The number of imidazole rings is 1. The molecule has 0 unspecified atom stereocenters. The van der Waals surface area contributed by atoms with E-state index in [-0.39, 0.29) is 12.0 Å². The first kappa shape index (κ1) is 18.0. The Morgan fingerprint density at radius 3 is 2.46 bits per heavy atom. The Morgan fingerprint density at radius 1 is 1.04 bits per heavy atom. The standard InChI is InChI=1S/C20H21N5O3/c1-2-28-20(27)24-10-8-23(9-11-24)19(26)15-12-17-18(21-13-15)25(14-22-17)16-6-4-3-5-7-16/h3-7,12-14H,2,8-11H2,1H3. The van der Waals surface area contributed by atoms with Crippen LogP contribution in [0.3, 0.4) is 0 Å². The van der Waals surface area contributed by atoms with Gasteiger partial charge in [0.15, 0.2) is 5.65 Å². The minimum absolute atomic E-state index is 0.104. The van der Waals surface area contributed by atoms with Crippen LogP contribution < -0.4 is 0 Å². The fourth-order valence-electron chi connectivity index (χ4n) is 3.29. The normalized spacial score (nSPS) is 14.3. The Kier molecular flexibility index (Phi) is 4.92. The highest BCUT2D eigenvalue weighted by Gasteiger charge is 2.26. The van der Waals surface area contributed by atoms with E-state index in [1.807, 2.05) is 34.9 Å². The van der Waals surface area contributed by atoms with Gasteiger partial charge in [-0.1, -0.05) is 18.2 Å². The zero-order valence-electron chi connectivity index (χ0n) is 15.6. The molecular weight excluding hydrogens is 358 g/mol. The maximum atomic E-state index is 12.8. The lowest BCUT2D eigenvalue weighted by Gasteiger charge is -2.34. The molecule has 0 aliphatic carbocycles. The molecule has 28 heavy (non-hydrogen) atoms. The predicted molar refractivity (Wildman–Crippen MR) is 103 cm³/mol. The topological polar surface area (TPSA) is 80.6 Å². The lowest BCUT2D eigenvalue weighted by atomic mass is 10.2. The molecule has 3 heterocycles. The number of ether oxygens (including phenoxy) is 1. The first-order chi connectivity index (χ1) is 13.7. The van der Waals surface area contributed by atoms with Crippen molar-refractivity contribution >= 4 is 23.2 Å². The molecule has 0 atom stereocenters. The molecule has 2 aromatic heterocycles. The van der Waals surface area contributed by atoms with Gasteiger partial charge < -0.3 is 14.5 Å². The summed E-state index contributed by atoms with van der Waals surface area (Å²) in [5.41, 5.74) is 2.83. The van der Waals surface area contributed by atoms with E-state index < -0.39 is 0 Å². The first-order valence-electron chi connectivity index (χ1n) is 9.27.